The number of hydrogen-bond donors (Lipinski definition) is 1. The lowest BCUT2D eigenvalue weighted by atomic mass is 10.2. The lowest BCUT2D eigenvalue weighted by Gasteiger charge is -2.28. The number of anilines is 2. The van der Waals surface area contributed by atoms with Crippen molar-refractivity contribution in [1.29, 1.82) is 0 Å². The number of benzene rings is 1. The number of thiophene rings is 1. The van der Waals surface area contributed by atoms with Crippen LogP contribution in [0.25, 0.3) is 0 Å². The highest BCUT2D eigenvalue weighted by molar-refractivity contribution is 7.09. The Morgan fingerprint density at radius 3 is 3.00 bits per heavy atom. The molecular weight excluding hydrogens is 300 g/mol. The second-order valence-electron chi connectivity index (χ2n) is 5.02. The summed E-state index contributed by atoms with van der Waals surface area (Å²) in [6.07, 6.45) is 1.12. The van der Waals surface area contributed by atoms with E-state index in [4.69, 9.17) is 4.74 Å². The number of rotatable bonds is 4. The molecule has 0 bridgehead atoms. The fourth-order valence-electron chi connectivity index (χ4n) is 2.35. The molecule has 0 saturated heterocycles. The Balaban J connectivity index is 1.72. The van der Waals surface area contributed by atoms with Gasteiger partial charge < -0.3 is 15.0 Å². The van der Waals surface area contributed by atoms with E-state index in [2.05, 4.69) is 5.32 Å². The predicted molar refractivity (Wildman–Crippen MR) is 86.6 cm³/mol. The van der Waals surface area contributed by atoms with Crippen molar-refractivity contribution in [2.75, 3.05) is 23.9 Å². The average Bonchev–Trinajstić information content (AvgIpc) is 3.02. The van der Waals surface area contributed by atoms with E-state index in [0.29, 0.717) is 30.0 Å². The molecule has 22 heavy (non-hydrogen) atoms. The number of carbonyl (C=O) groups excluding carboxylic acids is 2. The number of fused-ring (bicyclic) bond motifs is 1. The van der Waals surface area contributed by atoms with Gasteiger partial charge in [-0.15, -0.1) is 11.3 Å². The second kappa shape index (κ2) is 6.19. The zero-order valence-electron chi connectivity index (χ0n) is 12.2. The van der Waals surface area contributed by atoms with Crippen LogP contribution in [0.5, 0.6) is 5.75 Å². The van der Waals surface area contributed by atoms with Crippen molar-refractivity contribution in [3.05, 3.63) is 40.6 Å². The van der Waals surface area contributed by atoms with Crippen molar-refractivity contribution in [2.45, 2.75) is 12.8 Å². The van der Waals surface area contributed by atoms with Gasteiger partial charge in [-0.2, -0.15) is 0 Å². The van der Waals surface area contributed by atoms with Gasteiger partial charge >= 0.3 is 0 Å². The molecular formula is C16H16N2O3S. The van der Waals surface area contributed by atoms with Crippen LogP contribution in [0.15, 0.2) is 35.7 Å². The molecule has 0 atom stereocenters. The van der Waals surface area contributed by atoms with Gasteiger partial charge in [0, 0.05) is 18.3 Å². The molecule has 0 radical (unpaired) electrons. The van der Waals surface area contributed by atoms with E-state index in [1.54, 1.807) is 36.6 Å². The summed E-state index contributed by atoms with van der Waals surface area (Å²) in [6, 6.07) is 9.36. The van der Waals surface area contributed by atoms with Crippen LogP contribution in [0.2, 0.25) is 0 Å². The minimum atomic E-state index is -0.132. The minimum absolute atomic E-state index is 0.0271. The van der Waals surface area contributed by atoms with Crippen LogP contribution in [-0.2, 0) is 16.0 Å². The third kappa shape index (κ3) is 2.96. The van der Waals surface area contributed by atoms with Gasteiger partial charge in [0.2, 0.25) is 5.91 Å². The van der Waals surface area contributed by atoms with E-state index in [0.717, 1.165) is 0 Å². The summed E-state index contributed by atoms with van der Waals surface area (Å²) in [5.74, 6) is 0.402. The fraction of sp³-hybridized carbons (Fsp3) is 0.250. The Kier molecular flexibility index (Phi) is 4.11. The van der Waals surface area contributed by atoms with Gasteiger partial charge in [0.25, 0.3) is 5.91 Å². The standard InChI is InChI=1S/C16H16N2O3S/c1-18-15(20)10-21-13-6-2-5-12(16(13)18)17-14(19)8-7-11-4-3-9-22-11/h2-6,9H,7-8,10H2,1H3,(H,17,19). The fourth-order valence-corrected chi connectivity index (χ4v) is 3.06. The summed E-state index contributed by atoms with van der Waals surface area (Å²) < 4.78 is 5.41. The van der Waals surface area contributed by atoms with E-state index in [1.807, 2.05) is 17.5 Å². The lowest BCUT2D eigenvalue weighted by Crippen LogP contribution is -2.36. The third-order valence-corrected chi connectivity index (χ3v) is 4.45. The first-order chi connectivity index (χ1) is 10.6. The van der Waals surface area contributed by atoms with Crippen LogP contribution in [0.1, 0.15) is 11.3 Å². The van der Waals surface area contributed by atoms with Crippen LogP contribution < -0.4 is 15.0 Å². The summed E-state index contributed by atoms with van der Waals surface area (Å²) in [4.78, 5) is 26.6. The van der Waals surface area contributed by atoms with Crippen molar-refractivity contribution in [2.24, 2.45) is 0 Å². The lowest BCUT2D eigenvalue weighted by molar-refractivity contribution is -0.121. The normalized spacial score (nSPS) is 13.5. The molecule has 0 unspecified atom stereocenters. The maximum atomic E-state index is 12.1. The Hall–Kier alpha value is -2.34. The molecule has 0 saturated carbocycles. The molecule has 1 aliphatic heterocycles. The minimum Gasteiger partial charge on any atom is -0.481 e. The number of likely N-dealkylation sites (N-methyl/N-ethyl adjacent to an activating group) is 1. The molecule has 3 rings (SSSR count). The molecule has 0 spiro atoms. The quantitative estimate of drug-likeness (QED) is 0.943. The van der Waals surface area contributed by atoms with E-state index >= 15 is 0 Å². The largest absolute Gasteiger partial charge is 0.481 e. The number of nitrogens with one attached hydrogen (secondary N) is 1. The predicted octanol–water partition coefficient (Wildman–Crippen LogP) is 2.67. The molecule has 0 aliphatic carbocycles. The SMILES string of the molecule is CN1C(=O)COc2cccc(NC(=O)CCc3cccs3)c21. The third-order valence-electron chi connectivity index (χ3n) is 3.51. The molecule has 2 heterocycles. The molecule has 1 aromatic heterocycles. The molecule has 1 aromatic carbocycles. The van der Waals surface area contributed by atoms with Gasteiger partial charge in [-0.25, -0.2) is 0 Å². The van der Waals surface area contributed by atoms with Crippen molar-refractivity contribution in [1.82, 2.24) is 0 Å². The molecule has 0 fully saturated rings. The Bertz CT molecular complexity index is 697. The van der Waals surface area contributed by atoms with Crippen LogP contribution in [0.3, 0.4) is 0 Å². The van der Waals surface area contributed by atoms with E-state index in [-0.39, 0.29) is 18.4 Å². The maximum Gasteiger partial charge on any atom is 0.264 e. The zero-order chi connectivity index (χ0) is 15.5. The molecule has 2 aromatic rings. The average molecular weight is 316 g/mol. The molecule has 2 amide bonds. The number of carbonyl (C=O) groups is 2. The monoisotopic (exact) mass is 316 g/mol. The van der Waals surface area contributed by atoms with Crippen molar-refractivity contribution < 1.29 is 14.3 Å². The number of ether oxygens (including phenoxy) is 1. The van der Waals surface area contributed by atoms with Gasteiger partial charge in [0.05, 0.1) is 5.69 Å². The summed E-state index contributed by atoms with van der Waals surface area (Å²) in [5, 5.41) is 4.87. The number of amides is 2. The number of para-hydroxylation sites is 1. The Labute approximate surface area is 132 Å². The first-order valence-corrected chi connectivity index (χ1v) is 7.87. The summed E-state index contributed by atoms with van der Waals surface area (Å²) in [5.41, 5.74) is 1.22. The topological polar surface area (TPSA) is 58.6 Å². The van der Waals surface area contributed by atoms with Crippen LogP contribution in [-0.4, -0.2) is 25.5 Å². The molecule has 6 heteroatoms. The first kappa shape index (κ1) is 14.6. The van der Waals surface area contributed by atoms with Gasteiger partial charge in [-0.1, -0.05) is 12.1 Å². The van der Waals surface area contributed by atoms with Gasteiger partial charge in [-0.3, -0.25) is 9.59 Å². The molecule has 114 valence electrons. The number of hydrogen-bond acceptors (Lipinski definition) is 4. The Morgan fingerprint density at radius 2 is 2.23 bits per heavy atom. The zero-order valence-corrected chi connectivity index (χ0v) is 13.0. The summed E-state index contributed by atoms with van der Waals surface area (Å²) >= 11 is 1.64. The van der Waals surface area contributed by atoms with Crippen molar-refractivity contribution in [3.8, 4) is 5.75 Å². The van der Waals surface area contributed by atoms with Gasteiger partial charge in [0.1, 0.15) is 11.4 Å². The molecule has 1 aliphatic rings. The van der Waals surface area contributed by atoms with Crippen LogP contribution in [0.4, 0.5) is 11.4 Å². The van der Waals surface area contributed by atoms with E-state index < -0.39 is 0 Å². The van der Waals surface area contributed by atoms with Crippen LogP contribution >= 0.6 is 11.3 Å². The van der Waals surface area contributed by atoms with Crippen molar-refractivity contribution in [3.63, 3.8) is 0 Å². The highest BCUT2D eigenvalue weighted by atomic mass is 32.1. The smallest absolute Gasteiger partial charge is 0.264 e. The second-order valence-corrected chi connectivity index (χ2v) is 6.05. The van der Waals surface area contributed by atoms with Crippen LogP contribution in [0, 0.1) is 0 Å². The summed E-state index contributed by atoms with van der Waals surface area (Å²) in [6.45, 7) is 0.0271. The highest BCUT2D eigenvalue weighted by Crippen LogP contribution is 2.38. The van der Waals surface area contributed by atoms with Crippen molar-refractivity contribution >= 4 is 34.5 Å². The first-order valence-electron chi connectivity index (χ1n) is 7.00. The van der Waals surface area contributed by atoms with E-state index in [1.165, 1.54) is 9.78 Å². The van der Waals surface area contributed by atoms with Gasteiger partial charge in [0.15, 0.2) is 6.61 Å². The number of nitrogens with zero attached hydrogens (tertiary/aromatic N) is 1. The molecule has 1 N–H and O–H groups in total. The number of aryl methyl sites for hydroxylation is 1. The molecule has 5 nitrogen and oxygen atoms in total. The van der Waals surface area contributed by atoms with E-state index in [9.17, 15) is 9.59 Å². The summed E-state index contributed by atoms with van der Waals surface area (Å²) in [7, 11) is 1.69. The highest BCUT2D eigenvalue weighted by Gasteiger charge is 2.25. The maximum absolute atomic E-state index is 12.1. The Morgan fingerprint density at radius 1 is 1.36 bits per heavy atom. The van der Waals surface area contributed by atoms with Gasteiger partial charge in [-0.05, 0) is 30.0 Å².